The molecule has 3 rings (SSSR count). The molecular formula is C11H20N2. The SMILES string of the molecule is C1CC2CCCC3NCNC(C1)C23. The van der Waals surface area contributed by atoms with Gasteiger partial charge in [0.25, 0.3) is 0 Å². The molecule has 2 atom stereocenters. The van der Waals surface area contributed by atoms with Crippen molar-refractivity contribution in [2.45, 2.75) is 50.6 Å². The average molecular weight is 180 g/mol. The van der Waals surface area contributed by atoms with Crippen molar-refractivity contribution in [1.29, 1.82) is 0 Å². The summed E-state index contributed by atoms with van der Waals surface area (Å²) in [7, 11) is 0. The summed E-state index contributed by atoms with van der Waals surface area (Å²) in [6, 6.07) is 1.70. The van der Waals surface area contributed by atoms with Gasteiger partial charge in [-0.1, -0.05) is 25.7 Å². The lowest BCUT2D eigenvalue weighted by molar-refractivity contribution is 0.0597. The zero-order valence-corrected chi connectivity index (χ0v) is 8.26. The molecule has 0 aromatic carbocycles. The Kier molecular flexibility index (Phi) is 2.06. The van der Waals surface area contributed by atoms with Crippen molar-refractivity contribution in [1.82, 2.24) is 10.6 Å². The van der Waals surface area contributed by atoms with Crippen LogP contribution in [0.25, 0.3) is 0 Å². The molecule has 2 unspecified atom stereocenters. The van der Waals surface area contributed by atoms with Crippen molar-refractivity contribution >= 4 is 0 Å². The van der Waals surface area contributed by atoms with Gasteiger partial charge in [0.15, 0.2) is 0 Å². The van der Waals surface area contributed by atoms with E-state index in [1.54, 1.807) is 0 Å². The van der Waals surface area contributed by atoms with Crippen molar-refractivity contribution in [2.24, 2.45) is 11.8 Å². The first-order valence-corrected chi connectivity index (χ1v) is 5.92. The maximum Gasteiger partial charge on any atom is 0.0458 e. The fourth-order valence-corrected chi connectivity index (χ4v) is 3.85. The maximum atomic E-state index is 3.64. The Labute approximate surface area is 80.5 Å². The number of hydrogen-bond donors (Lipinski definition) is 2. The van der Waals surface area contributed by atoms with Crippen molar-refractivity contribution < 1.29 is 0 Å². The largest absolute Gasteiger partial charge is 0.301 e. The summed E-state index contributed by atoms with van der Waals surface area (Å²) in [5, 5.41) is 7.28. The van der Waals surface area contributed by atoms with Gasteiger partial charge in [-0.05, 0) is 24.7 Å². The molecule has 1 aliphatic heterocycles. The predicted molar refractivity (Wildman–Crippen MR) is 53.4 cm³/mol. The normalized spacial score (nSPS) is 49.8. The van der Waals surface area contributed by atoms with Gasteiger partial charge in [0, 0.05) is 18.8 Å². The zero-order chi connectivity index (χ0) is 8.67. The van der Waals surface area contributed by atoms with Gasteiger partial charge in [-0.15, -0.1) is 0 Å². The molecule has 0 spiro atoms. The molecule has 0 radical (unpaired) electrons. The van der Waals surface area contributed by atoms with Gasteiger partial charge in [-0.3, -0.25) is 0 Å². The Bertz CT molecular complexity index is 147. The van der Waals surface area contributed by atoms with Crippen LogP contribution >= 0.6 is 0 Å². The number of hydrogen-bond acceptors (Lipinski definition) is 2. The maximum absolute atomic E-state index is 3.64. The van der Waals surface area contributed by atoms with E-state index in [9.17, 15) is 0 Å². The highest BCUT2D eigenvalue weighted by atomic mass is 15.1. The Morgan fingerprint density at radius 2 is 1.38 bits per heavy atom. The summed E-state index contributed by atoms with van der Waals surface area (Å²) < 4.78 is 0. The quantitative estimate of drug-likeness (QED) is 0.590. The third-order valence-electron chi connectivity index (χ3n) is 4.38. The van der Waals surface area contributed by atoms with E-state index in [4.69, 9.17) is 0 Å². The van der Waals surface area contributed by atoms with Crippen molar-refractivity contribution in [2.75, 3.05) is 6.67 Å². The van der Waals surface area contributed by atoms with E-state index in [1.165, 1.54) is 38.5 Å². The van der Waals surface area contributed by atoms with Crippen LogP contribution in [0.4, 0.5) is 0 Å². The summed E-state index contributed by atoms with van der Waals surface area (Å²) in [5.74, 6) is 2.01. The van der Waals surface area contributed by atoms with Crippen LogP contribution < -0.4 is 10.6 Å². The molecule has 2 saturated carbocycles. The summed E-state index contributed by atoms with van der Waals surface area (Å²) in [6.07, 6.45) is 8.79. The minimum absolute atomic E-state index is 0.852. The van der Waals surface area contributed by atoms with E-state index in [2.05, 4.69) is 10.6 Å². The highest BCUT2D eigenvalue weighted by Gasteiger charge is 2.42. The van der Waals surface area contributed by atoms with Crippen molar-refractivity contribution in [3.8, 4) is 0 Å². The molecule has 0 amide bonds. The minimum atomic E-state index is 0.852. The van der Waals surface area contributed by atoms with Gasteiger partial charge in [0.2, 0.25) is 0 Å². The number of rotatable bonds is 0. The highest BCUT2D eigenvalue weighted by Crippen LogP contribution is 2.41. The average Bonchev–Trinajstić information content (AvgIpc) is 2.19. The lowest BCUT2D eigenvalue weighted by atomic mass is 9.65. The highest BCUT2D eigenvalue weighted by molar-refractivity contribution is 4.98. The lowest BCUT2D eigenvalue weighted by Crippen LogP contribution is -2.61. The molecule has 74 valence electrons. The third-order valence-corrected chi connectivity index (χ3v) is 4.38. The summed E-state index contributed by atoms with van der Waals surface area (Å²) in [6.45, 7) is 1.05. The molecule has 2 N–H and O–H groups in total. The molecule has 2 nitrogen and oxygen atoms in total. The van der Waals surface area contributed by atoms with Gasteiger partial charge in [-0.2, -0.15) is 0 Å². The van der Waals surface area contributed by atoms with E-state index in [0.29, 0.717) is 0 Å². The lowest BCUT2D eigenvalue weighted by Gasteiger charge is -2.50. The molecule has 1 saturated heterocycles. The Morgan fingerprint density at radius 1 is 0.769 bits per heavy atom. The van der Waals surface area contributed by atoms with Gasteiger partial charge in [0.05, 0.1) is 0 Å². The van der Waals surface area contributed by atoms with E-state index in [1.807, 2.05) is 0 Å². The molecule has 2 heteroatoms. The molecule has 1 heterocycles. The first-order valence-electron chi connectivity index (χ1n) is 5.92. The van der Waals surface area contributed by atoms with Crippen LogP contribution in [0.3, 0.4) is 0 Å². The molecule has 0 aromatic rings. The van der Waals surface area contributed by atoms with Crippen LogP contribution in [0.15, 0.2) is 0 Å². The topological polar surface area (TPSA) is 24.1 Å². The monoisotopic (exact) mass is 180 g/mol. The predicted octanol–water partition coefficient (Wildman–Crippen LogP) is 1.47. The molecule has 3 aliphatic rings. The second kappa shape index (κ2) is 3.25. The molecule has 0 bridgehead atoms. The Morgan fingerprint density at radius 3 is 2.00 bits per heavy atom. The second-order valence-corrected chi connectivity index (χ2v) is 5.00. The van der Waals surface area contributed by atoms with Gasteiger partial charge in [-0.25, -0.2) is 0 Å². The van der Waals surface area contributed by atoms with Crippen molar-refractivity contribution in [3.63, 3.8) is 0 Å². The third kappa shape index (κ3) is 1.31. The second-order valence-electron chi connectivity index (χ2n) is 5.00. The zero-order valence-electron chi connectivity index (χ0n) is 8.26. The van der Waals surface area contributed by atoms with Crippen LogP contribution in [-0.2, 0) is 0 Å². The first kappa shape index (κ1) is 8.25. The summed E-state index contributed by atoms with van der Waals surface area (Å²) in [5.41, 5.74) is 0. The molecule has 2 aliphatic carbocycles. The van der Waals surface area contributed by atoms with Crippen LogP contribution in [-0.4, -0.2) is 18.8 Å². The van der Waals surface area contributed by atoms with E-state index >= 15 is 0 Å². The van der Waals surface area contributed by atoms with Crippen LogP contribution in [0.5, 0.6) is 0 Å². The Balaban J connectivity index is 1.82. The van der Waals surface area contributed by atoms with Gasteiger partial charge >= 0.3 is 0 Å². The Hall–Kier alpha value is -0.0800. The number of nitrogens with one attached hydrogen (secondary N) is 2. The standard InChI is InChI=1S/C11H20N2/c1-3-8-4-2-6-10-11(8)9(5-1)12-7-13-10/h8-13H,1-7H2. The first-order chi connectivity index (χ1) is 6.45. The van der Waals surface area contributed by atoms with E-state index < -0.39 is 0 Å². The van der Waals surface area contributed by atoms with Crippen LogP contribution in [0, 0.1) is 11.8 Å². The van der Waals surface area contributed by atoms with Gasteiger partial charge in [0.1, 0.15) is 0 Å². The summed E-state index contributed by atoms with van der Waals surface area (Å²) >= 11 is 0. The molecular weight excluding hydrogens is 160 g/mol. The van der Waals surface area contributed by atoms with Crippen molar-refractivity contribution in [3.05, 3.63) is 0 Å². The van der Waals surface area contributed by atoms with Gasteiger partial charge < -0.3 is 10.6 Å². The molecule has 13 heavy (non-hydrogen) atoms. The molecule has 0 aromatic heterocycles. The van der Waals surface area contributed by atoms with Crippen LogP contribution in [0.1, 0.15) is 38.5 Å². The fourth-order valence-electron chi connectivity index (χ4n) is 3.85. The summed E-state index contributed by atoms with van der Waals surface area (Å²) in [4.78, 5) is 0. The van der Waals surface area contributed by atoms with E-state index in [0.717, 1.165) is 30.6 Å². The fraction of sp³-hybridized carbons (Fsp3) is 1.00. The molecule has 3 fully saturated rings. The van der Waals surface area contributed by atoms with E-state index in [-0.39, 0.29) is 0 Å². The smallest absolute Gasteiger partial charge is 0.0458 e. The minimum Gasteiger partial charge on any atom is -0.301 e. The van der Waals surface area contributed by atoms with Crippen LogP contribution in [0.2, 0.25) is 0 Å².